The molecule has 2 rings (SSSR count). The van der Waals surface area contributed by atoms with E-state index >= 15 is 0 Å². The quantitative estimate of drug-likeness (QED) is 0.797. The lowest BCUT2D eigenvalue weighted by Crippen LogP contribution is -2.21. The number of Topliss-reactive ketones (excluding diaryl/α,β-unsaturated/α-hetero) is 1. The van der Waals surface area contributed by atoms with Gasteiger partial charge in [-0.05, 0) is 42.8 Å². The van der Waals surface area contributed by atoms with Crippen LogP contribution in [0.5, 0.6) is 5.75 Å². The lowest BCUT2D eigenvalue weighted by atomic mass is 10.1. The molecule has 0 saturated carbocycles. The summed E-state index contributed by atoms with van der Waals surface area (Å²) < 4.78 is 5.47. The molecule has 1 amide bonds. The van der Waals surface area contributed by atoms with E-state index in [1.54, 1.807) is 42.5 Å². The van der Waals surface area contributed by atoms with Gasteiger partial charge in [0.1, 0.15) is 5.75 Å². The first-order chi connectivity index (χ1) is 11.0. The predicted octanol–water partition coefficient (Wildman–Crippen LogP) is 2.81. The van der Waals surface area contributed by atoms with Crippen molar-refractivity contribution in [2.45, 2.75) is 6.92 Å². The number of carbonyl (C=O) groups is 2. The second-order valence-corrected chi connectivity index (χ2v) is 5.39. The molecule has 0 saturated heterocycles. The van der Waals surface area contributed by atoms with Crippen LogP contribution in [0, 0.1) is 6.92 Å². The molecule has 6 heteroatoms. The maximum absolute atomic E-state index is 11.9. The van der Waals surface area contributed by atoms with Crippen LogP contribution in [-0.2, 0) is 4.79 Å². The van der Waals surface area contributed by atoms with Gasteiger partial charge in [0.15, 0.2) is 12.4 Å². The first-order valence-electron chi connectivity index (χ1n) is 7.01. The third-order valence-corrected chi connectivity index (χ3v) is 3.38. The lowest BCUT2D eigenvalue weighted by Gasteiger charge is -2.10. The summed E-state index contributed by atoms with van der Waals surface area (Å²) in [5.41, 5.74) is 7.15. The molecule has 0 bridgehead atoms. The number of hydrogen-bond donors (Lipinski definition) is 2. The number of aryl methyl sites for hydroxylation is 1. The highest BCUT2D eigenvalue weighted by Gasteiger charge is 2.08. The number of rotatable bonds is 6. The number of ether oxygens (including phenoxy) is 1. The van der Waals surface area contributed by atoms with Crippen LogP contribution in [0.3, 0.4) is 0 Å². The number of benzene rings is 2. The molecule has 23 heavy (non-hydrogen) atoms. The van der Waals surface area contributed by atoms with Crippen molar-refractivity contribution >= 4 is 29.0 Å². The molecule has 0 aromatic heterocycles. The van der Waals surface area contributed by atoms with Crippen LogP contribution in [0.2, 0.25) is 5.02 Å². The minimum absolute atomic E-state index is 0.0731. The average molecular weight is 333 g/mol. The van der Waals surface area contributed by atoms with Gasteiger partial charge in [-0.1, -0.05) is 23.7 Å². The molecule has 0 radical (unpaired) electrons. The normalized spacial score (nSPS) is 10.2. The Morgan fingerprint density at radius 3 is 2.70 bits per heavy atom. The molecule has 0 spiro atoms. The zero-order chi connectivity index (χ0) is 16.8. The third-order valence-electron chi connectivity index (χ3n) is 3.15. The van der Waals surface area contributed by atoms with E-state index < -0.39 is 0 Å². The predicted molar refractivity (Wildman–Crippen MR) is 90.1 cm³/mol. The summed E-state index contributed by atoms with van der Waals surface area (Å²) >= 11 is 5.87. The lowest BCUT2D eigenvalue weighted by molar-refractivity contribution is -0.118. The highest BCUT2D eigenvalue weighted by atomic mass is 35.5. The van der Waals surface area contributed by atoms with Gasteiger partial charge in [0.05, 0.1) is 6.54 Å². The molecule has 0 unspecified atom stereocenters. The van der Waals surface area contributed by atoms with E-state index in [0.29, 0.717) is 22.0 Å². The molecule has 5 nitrogen and oxygen atoms in total. The molecule has 2 aromatic carbocycles. The standard InChI is InChI=1S/C17H17ClN2O3/c1-11-7-13(18)5-6-16(11)23-10-17(22)20-14-4-2-3-12(8-14)15(21)9-19/h2-8H,9-10,19H2,1H3,(H,20,22). The summed E-state index contributed by atoms with van der Waals surface area (Å²) in [5.74, 6) is 0.0856. The van der Waals surface area contributed by atoms with Crippen molar-refractivity contribution in [3.05, 3.63) is 58.6 Å². The fourth-order valence-corrected chi connectivity index (χ4v) is 2.23. The summed E-state index contributed by atoms with van der Waals surface area (Å²) in [5, 5.41) is 3.29. The molecule has 120 valence electrons. The molecule has 0 aliphatic carbocycles. The van der Waals surface area contributed by atoms with Crippen molar-refractivity contribution < 1.29 is 14.3 Å². The maximum Gasteiger partial charge on any atom is 0.262 e. The molecule has 0 aliphatic heterocycles. The van der Waals surface area contributed by atoms with E-state index in [-0.39, 0.29) is 24.8 Å². The fraction of sp³-hybridized carbons (Fsp3) is 0.176. The van der Waals surface area contributed by atoms with Crippen molar-refractivity contribution in [2.75, 3.05) is 18.5 Å². The minimum Gasteiger partial charge on any atom is -0.483 e. The number of amides is 1. The first-order valence-corrected chi connectivity index (χ1v) is 7.39. The second-order valence-electron chi connectivity index (χ2n) is 4.95. The van der Waals surface area contributed by atoms with Gasteiger partial charge in [0.2, 0.25) is 0 Å². The number of hydrogen-bond acceptors (Lipinski definition) is 4. The summed E-state index contributed by atoms with van der Waals surface area (Å²) in [6.07, 6.45) is 0. The Kier molecular flexibility index (Phi) is 5.73. The minimum atomic E-state index is -0.323. The van der Waals surface area contributed by atoms with Crippen LogP contribution in [0.25, 0.3) is 0 Å². The number of nitrogens with one attached hydrogen (secondary N) is 1. The highest BCUT2D eigenvalue weighted by molar-refractivity contribution is 6.30. The maximum atomic E-state index is 11.9. The Bertz CT molecular complexity index is 732. The number of halogens is 1. The highest BCUT2D eigenvalue weighted by Crippen LogP contribution is 2.21. The molecule has 0 heterocycles. The van der Waals surface area contributed by atoms with E-state index in [4.69, 9.17) is 22.1 Å². The monoisotopic (exact) mass is 332 g/mol. The van der Waals surface area contributed by atoms with E-state index in [1.165, 1.54) is 0 Å². The van der Waals surface area contributed by atoms with Crippen LogP contribution in [0.15, 0.2) is 42.5 Å². The molecule has 0 fully saturated rings. The van der Waals surface area contributed by atoms with Gasteiger partial charge >= 0.3 is 0 Å². The molecular formula is C17H17ClN2O3. The van der Waals surface area contributed by atoms with Crippen molar-refractivity contribution in [2.24, 2.45) is 5.73 Å². The van der Waals surface area contributed by atoms with Gasteiger partial charge in [0.25, 0.3) is 5.91 Å². The summed E-state index contributed by atoms with van der Waals surface area (Å²) in [6.45, 7) is 1.63. The SMILES string of the molecule is Cc1cc(Cl)ccc1OCC(=O)Nc1cccc(C(=O)CN)c1. The first kappa shape index (κ1) is 17.0. The van der Waals surface area contributed by atoms with Gasteiger partial charge in [-0.2, -0.15) is 0 Å². The van der Waals surface area contributed by atoms with Crippen LogP contribution < -0.4 is 15.8 Å². The molecule has 3 N–H and O–H groups in total. The van der Waals surface area contributed by atoms with Gasteiger partial charge in [-0.3, -0.25) is 9.59 Å². The van der Waals surface area contributed by atoms with Crippen molar-refractivity contribution in [3.8, 4) is 5.75 Å². The number of carbonyl (C=O) groups excluding carboxylic acids is 2. The van der Waals surface area contributed by atoms with E-state index in [2.05, 4.69) is 5.32 Å². The Morgan fingerprint density at radius 1 is 1.22 bits per heavy atom. The number of anilines is 1. The van der Waals surface area contributed by atoms with Gasteiger partial charge in [0, 0.05) is 16.3 Å². The van der Waals surface area contributed by atoms with E-state index in [1.807, 2.05) is 6.92 Å². The third kappa shape index (κ3) is 4.81. The zero-order valence-corrected chi connectivity index (χ0v) is 13.4. The van der Waals surface area contributed by atoms with Crippen LogP contribution in [0.4, 0.5) is 5.69 Å². The van der Waals surface area contributed by atoms with Crippen LogP contribution in [-0.4, -0.2) is 24.8 Å². The van der Waals surface area contributed by atoms with E-state index in [9.17, 15) is 9.59 Å². The Labute approximate surface area is 139 Å². The molecular weight excluding hydrogens is 316 g/mol. The number of ketones is 1. The van der Waals surface area contributed by atoms with Crippen LogP contribution >= 0.6 is 11.6 Å². The van der Waals surface area contributed by atoms with Gasteiger partial charge in [-0.25, -0.2) is 0 Å². The fourth-order valence-electron chi connectivity index (χ4n) is 2.00. The van der Waals surface area contributed by atoms with Crippen molar-refractivity contribution in [1.29, 1.82) is 0 Å². The second kappa shape index (κ2) is 7.76. The largest absolute Gasteiger partial charge is 0.483 e. The summed E-state index contributed by atoms with van der Waals surface area (Å²) in [4.78, 5) is 23.5. The molecule has 2 aromatic rings. The average Bonchev–Trinajstić information content (AvgIpc) is 2.53. The number of nitrogens with two attached hydrogens (primary N) is 1. The molecule has 0 aliphatic rings. The smallest absolute Gasteiger partial charge is 0.262 e. The van der Waals surface area contributed by atoms with Gasteiger partial charge < -0.3 is 15.8 Å². The van der Waals surface area contributed by atoms with Crippen molar-refractivity contribution in [1.82, 2.24) is 0 Å². The van der Waals surface area contributed by atoms with Crippen molar-refractivity contribution in [3.63, 3.8) is 0 Å². The topological polar surface area (TPSA) is 81.4 Å². The molecule has 0 atom stereocenters. The Morgan fingerprint density at radius 2 is 2.00 bits per heavy atom. The van der Waals surface area contributed by atoms with E-state index in [0.717, 1.165) is 5.56 Å². The van der Waals surface area contributed by atoms with Gasteiger partial charge in [-0.15, -0.1) is 0 Å². The van der Waals surface area contributed by atoms with Crippen LogP contribution in [0.1, 0.15) is 15.9 Å². The zero-order valence-electron chi connectivity index (χ0n) is 12.6. The Balaban J connectivity index is 1.96. The summed E-state index contributed by atoms with van der Waals surface area (Å²) in [7, 11) is 0. The Hall–Kier alpha value is -2.37. The summed E-state index contributed by atoms with van der Waals surface area (Å²) in [6, 6.07) is 11.8.